The Morgan fingerprint density at radius 3 is 2.70 bits per heavy atom. The normalized spacial score (nSPS) is 13.4. The van der Waals surface area contributed by atoms with Crippen LogP contribution in [0.2, 0.25) is 0 Å². The summed E-state index contributed by atoms with van der Waals surface area (Å²) >= 11 is 0. The Morgan fingerprint density at radius 1 is 1.15 bits per heavy atom. The highest BCUT2D eigenvalue weighted by Crippen LogP contribution is 2.29. The van der Waals surface area contributed by atoms with Gasteiger partial charge in [0.1, 0.15) is 16.5 Å². The standard InChI is InChI=1S/C20H21N3O3S/c1-2-26-18-6-3-4-7-19(18)27(24,25)22-16-11-9-15(10-12-16)17-14-21-20-8-5-13-23(17)20/h3-4,6-7,9-12,14,22H,2,5,8,13H2,1H3. The van der Waals surface area contributed by atoms with Crippen LogP contribution in [0.5, 0.6) is 5.75 Å². The van der Waals surface area contributed by atoms with E-state index in [1.54, 1.807) is 30.3 Å². The Labute approximate surface area is 158 Å². The SMILES string of the molecule is CCOc1ccccc1S(=O)(=O)Nc1ccc(-c2cnc3n2CCC3)cc1. The maximum atomic E-state index is 12.8. The van der Waals surface area contributed by atoms with E-state index >= 15 is 0 Å². The van der Waals surface area contributed by atoms with Gasteiger partial charge in [-0.25, -0.2) is 13.4 Å². The summed E-state index contributed by atoms with van der Waals surface area (Å²) in [6.07, 6.45) is 4.01. The number of hydrogen-bond donors (Lipinski definition) is 1. The van der Waals surface area contributed by atoms with Crippen molar-refractivity contribution < 1.29 is 13.2 Å². The lowest BCUT2D eigenvalue weighted by Crippen LogP contribution is -2.14. The second-order valence-corrected chi connectivity index (χ2v) is 8.03. The lowest BCUT2D eigenvalue weighted by atomic mass is 10.1. The van der Waals surface area contributed by atoms with E-state index in [4.69, 9.17) is 4.74 Å². The van der Waals surface area contributed by atoms with Crippen LogP contribution in [0.1, 0.15) is 19.2 Å². The molecule has 1 aliphatic heterocycles. The van der Waals surface area contributed by atoms with E-state index in [1.807, 2.05) is 25.3 Å². The van der Waals surface area contributed by atoms with Crippen molar-refractivity contribution in [3.63, 3.8) is 0 Å². The fourth-order valence-electron chi connectivity index (χ4n) is 3.35. The summed E-state index contributed by atoms with van der Waals surface area (Å²) in [5, 5.41) is 0. The molecule has 1 aromatic heterocycles. The Kier molecular flexibility index (Phi) is 4.61. The van der Waals surface area contributed by atoms with Gasteiger partial charge in [-0.2, -0.15) is 0 Å². The molecule has 0 spiro atoms. The number of nitrogens with zero attached hydrogens (tertiary/aromatic N) is 2. The van der Waals surface area contributed by atoms with E-state index in [-0.39, 0.29) is 4.90 Å². The van der Waals surface area contributed by atoms with Crippen molar-refractivity contribution in [2.45, 2.75) is 31.2 Å². The highest BCUT2D eigenvalue weighted by Gasteiger charge is 2.20. The van der Waals surface area contributed by atoms with Gasteiger partial charge in [-0.3, -0.25) is 4.72 Å². The van der Waals surface area contributed by atoms with E-state index in [0.29, 0.717) is 18.0 Å². The van der Waals surface area contributed by atoms with Crippen LogP contribution < -0.4 is 9.46 Å². The Balaban J connectivity index is 1.58. The molecule has 0 atom stereocenters. The minimum absolute atomic E-state index is 0.129. The molecule has 27 heavy (non-hydrogen) atoms. The van der Waals surface area contributed by atoms with Crippen molar-refractivity contribution >= 4 is 15.7 Å². The lowest BCUT2D eigenvalue weighted by Gasteiger charge is -2.13. The summed E-state index contributed by atoms with van der Waals surface area (Å²) in [6, 6.07) is 14.0. The maximum Gasteiger partial charge on any atom is 0.265 e. The van der Waals surface area contributed by atoms with E-state index in [1.165, 1.54) is 6.07 Å². The third kappa shape index (κ3) is 3.42. The molecule has 140 valence electrons. The van der Waals surface area contributed by atoms with E-state index in [9.17, 15) is 8.42 Å². The molecule has 0 bridgehead atoms. The molecule has 7 heteroatoms. The number of aryl methyl sites for hydroxylation is 1. The number of rotatable bonds is 6. The number of ether oxygens (including phenoxy) is 1. The van der Waals surface area contributed by atoms with Crippen molar-refractivity contribution in [3.05, 3.63) is 60.6 Å². The van der Waals surface area contributed by atoms with Crippen molar-refractivity contribution in [1.29, 1.82) is 0 Å². The van der Waals surface area contributed by atoms with Gasteiger partial charge >= 0.3 is 0 Å². The van der Waals surface area contributed by atoms with Crippen LogP contribution in [0, 0.1) is 0 Å². The minimum atomic E-state index is -3.73. The van der Waals surface area contributed by atoms with Crippen molar-refractivity contribution in [2.24, 2.45) is 0 Å². The molecule has 1 N–H and O–H groups in total. The highest BCUT2D eigenvalue weighted by molar-refractivity contribution is 7.92. The number of benzene rings is 2. The van der Waals surface area contributed by atoms with Crippen LogP contribution in [0.3, 0.4) is 0 Å². The molecule has 0 unspecified atom stereocenters. The first-order valence-corrected chi connectivity index (χ1v) is 10.5. The van der Waals surface area contributed by atoms with Gasteiger partial charge in [0.05, 0.1) is 18.5 Å². The topological polar surface area (TPSA) is 73.2 Å². The van der Waals surface area contributed by atoms with Gasteiger partial charge in [0.15, 0.2) is 0 Å². The van der Waals surface area contributed by atoms with Crippen LogP contribution in [-0.2, 0) is 23.0 Å². The summed E-state index contributed by atoms with van der Waals surface area (Å²) in [6.45, 7) is 3.20. The van der Waals surface area contributed by atoms with E-state index in [2.05, 4.69) is 14.3 Å². The smallest absolute Gasteiger partial charge is 0.265 e. The second kappa shape index (κ2) is 7.08. The maximum absolute atomic E-state index is 12.8. The van der Waals surface area contributed by atoms with Gasteiger partial charge in [-0.1, -0.05) is 24.3 Å². The number of para-hydroxylation sites is 1. The summed E-state index contributed by atoms with van der Waals surface area (Å²) in [5.74, 6) is 1.46. The van der Waals surface area contributed by atoms with Gasteiger partial charge in [0.25, 0.3) is 10.0 Å². The molecule has 2 aromatic carbocycles. The van der Waals surface area contributed by atoms with Crippen LogP contribution in [-0.4, -0.2) is 24.6 Å². The summed E-state index contributed by atoms with van der Waals surface area (Å²) in [5.41, 5.74) is 2.60. The number of imidazole rings is 1. The van der Waals surface area contributed by atoms with Crippen LogP contribution in [0.15, 0.2) is 59.6 Å². The number of nitrogens with one attached hydrogen (secondary N) is 1. The van der Waals surface area contributed by atoms with Crippen molar-refractivity contribution in [2.75, 3.05) is 11.3 Å². The zero-order valence-electron chi connectivity index (χ0n) is 15.1. The number of hydrogen-bond acceptors (Lipinski definition) is 4. The Morgan fingerprint density at radius 2 is 1.93 bits per heavy atom. The predicted octanol–water partition coefficient (Wildman–Crippen LogP) is 3.70. The first-order valence-electron chi connectivity index (χ1n) is 8.98. The average molecular weight is 383 g/mol. The minimum Gasteiger partial charge on any atom is -0.492 e. The quantitative estimate of drug-likeness (QED) is 0.704. The Hall–Kier alpha value is -2.80. The molecule has 0 aliphatic carbocycles. The third-order valence-corrected chi connectivity index (χ3v) is 6.01. The van der Waals surface area contributed by atoms with Gasteiger partial charge in [-0.15, -0.1) is 0 Å². The van der Waals surface area contributed by atoms with Crippen molar-refractivity contribution in [1.82, 2.24) is 9.55 Å². The second-order valence-electron chi connectivity index (χ2n) is 6.38. The van der Waals surface area contributed by atoms with Gasteiger partial charge < -0.3 is 9.30 Å². The molecule has 0 radical (unpaired) electrons. The molecule has 0 saturated heterocycles. The van der Waals surface area contributed by atoms with Gasteiger partial charge in [0.2, 0.25) is 0 Å². The number of aromatic nitrogens is 2. The van der Waals surface area contributed by atoms with E-state index in [0.717, 1.165) is 36.5 Å². The molecular formula is C20H21N3O3S. The molecule has 3 aromatic rings. The zero-order chi connectivity index (χ0) is 18.9. The zero-order valence-corrected chi connectivity index (χ0v) is 15.9. The highest BCUT2D eigenvalue weighted by atomic mass is 32.2. The lowest BCUT2D eigenvalue weighted by molar-refractivity contribution is 0.331. The monoisotopic (exact) mass is 383 g/mol. The van der Waals surface area contributed by atoms with Crippen LogP contribution >= 0.6 is 0 Å². The predicted molar refractivity (Wildman–Crippen MR) is 104 cm³/mol. The van der Waals surface area contributed by atoms with Crippen LogP contribution in [0.25, 0.3) is 11.3 Å². The number of sulfonamides is 1. The largest absolute Gasteiger partial charge is 0.492 e. The third-order valence-electron chi connectivity index (χ3n) is 4.59. The first-order chi connectivity index (χ1) is 13.1. The molecule has 0 amide bonds. The summed E-state index contributed by atoms with van der Waals surface area (Å²) in [7, 11) is -3.73. The Bertz CT molecular complexity index is 1060. The van der Waals surface area contributed by atoms with E-state index < -0.39 is 10.0 Å². The van der Waals surface area contributed by atoms with Crippen molar-refractivity contribution in [3.8, 4) is 17.0 Å². The fraction of sp³-hybridized carbons (Fsp3) is 0.250. The number of fused-ring (bicyclic) bond motifs is 1. The average Bonchev–Trinajstić information content (AvgIpc) is 3.27. The summed E-state index contributed by atoms with van der Waals surface area (Å²) < 4.78 is 35.8. The van der Waals surface area contributed by atoms with Crippen LogP contribution in [0.4, 0.5) is 5.69 Å². The molecular weight excluding hydrogens is 362 g/mol. The first kappa shape index (κ1) is 17.6. The molecule has 0 fully saturated rings. The molecule has 6 nitrogen and oxygen atoms in total. The molecule has 0 saturated carbocycles. The number of anilines is 1. The molecule has 1 aliphatic rings. The molecule has 2 heterocycles. The molecule has 4 rings (SSSR count). The van der Waals surface area contributed by atoms with Gasteiger partial charge in [0, 0.05) is 18.7 Å². The summed E-state index contributed by atoms with van der Waals surface area (Å²) in [4.78, 5) is 4.59. The van der Waals surface area contributed by atoms with Gasteiger partial charge in [-0.05, 0) is 43.2 Å². The fourth-order valence-corrected chi connectivity index (χ4v) is 4.56.